The first-order chi connectivity index (χ1) is 15.4. The van der Waals surface area contributed by atoms with Crippen LogP contribution < -0.4 is 21.3 Å². The normalized spacial score (nSPS) is 10.3. The molecule has 0 saturated heterocycles. The van der Waals surface area contributed by atoms with Crippen LogP contribution in [0.15, 0.2) is 65.3 Å². The van der Waals surface area contributed by atoms with E-state index in [4.69, 9.17) is 4.42 Å². The molecule has 8 heteroatoms. The Hall–Kier alpha value is -4.07. The standard InChI is InChI=1S/C24H26N4O4/c1-3-22(29)28-21-13-19(9-6-16(21)2)27-23(30)15-25-18-10-7-17(8-11-18)24(31)26-14-20-5-4-12-32-20/h4-13,25H,3,14-15H2,1-2H3,(H,26,31)(H,27,30)(H,28,29). The third kappa shape index (κ3) is 6.46. The first-order valence-electron chi connectivity index (χ1n) is 10.3. The van der Waals surface area contributed by atoms with E-state index in [-0.39, 0.29) is 24.3 Å². The predicted octanol–water partition coefficient (Wildman–Crippen LogP) is 3.92. The van der Waals surface area contributed by atoms with Crippen molar-refractivity contribution in [3.63, 3.8) is 0 Å². The monoisotopic (exact) mass is 434 g/mol. The lowest BCUT2D eigenvalue weighted by Gasteiger charge is -2.12. The lowest BCUT2D eigenvalue weighted by atomic mass is 10.1. The zero-order valence-corrected chi connectivity index (χ0v) is 18.0. The minimum Gasteiger partial charge on any atom is -0.467 e. The molecule has 32 heavy (non-hydrogen) atoms. The molecule has 0 spiro atoms. The average molecular weight is 434 g/mol. The van der Waals surface area contributed by atoms with Crippen LogP contribution in [0.1, 0.15) is 35.0 Å². The van der Waals surface area contributed by atoms with Crippen LogP contribution in [0, 0.1) is 6.92 Å². The van der Waals surface area contributed by atoms with E-state index in [1.54, 1.807) is 61.7 Å². The fourth-order valence-corrected chi connectivity index (χ4v) is 2.88. The summed E-state index contributed by atoms with van der Waals surface area (Å²) >= 11 is 0. The molecule has 0 radical (unpaired) electrons. The van der Waals surface area contributed by atoms with Crippen LogP contribution in [0.5, 0.6) is 0 Å². The minimum absolute atomic E-state index is 0.0502. The molecule has 0 saturated carbocycles. The number of anilines is 3. The fourth-order valence-electron chi connectivity index (χ4n) is 2.88. The summed E-state index contributed by atoms with van der Waals surface area (Å²) in [4.78, 5) is 36.1. The molecule has 1 heterocycles. The van der Waals surface area contributed by atoms with Gasteiger partial charge in [-0.25, -0.2) is 0 Å². The Balaban J connectivity index is 1.49. The first kappa shape index (κ1) is 22.6. The van der Waals surface area contributed by atoms with E-state index in [0.29, 0.717) is 41.4 Å². The van der Waals surface area contributed by atoms with Gasteiger partial charge in [0.2, 0.25) is 11.8 Å². The third-order valence-electron chi connectivity index (χ3n) is 4.72. The minimum atomic E-state index is -0.234. The van der Waals surface area contributed by atoms with E-state index in [9.17, 15) is 14.4 Å². The van der Waals surface area contributed by atoms with Crippen molar-refractivity contribution in [3.8, 4) is 0 Å². The van der Waals surface area contributed by atoms with E-state index < -0.39 is 0 Å². The number of nitrogens with one attached hydrogen (secondary N) is 4. The zero-order chi connectivity index (χ0) is 22.9. The van der Waals surface area contributed by atoms with Gasteiger partial charge in [-0.2, -0.15) is 0 Å². The second-order valence-electron chi connectivity index (χ2n) is 7.17. The summed E-state index contributed by atoms with van der Waals surface area (Å²) in [6, 6.07) is 15.7. The number of aryl methyl sites for hydroxylation is 1. The molecule has 3 rings (SSSR count). The molecule has 0 fully saturated rings. The van der Waals surface area contributed by atoms with Gasteiger partial charge in [-0.15, -0.1) is 0 Å². The summed E-state index contributed by atoms with van der Waals surface area (Å²) in [6.07, 6.45) is 1.94. The van der Waals surface area contributed by atoms with E-state index in [1.165, 1.54) is 0 Å². The van der Waals surface area contributed by atoms with Crippen molar-refractivity contribution in [3.05, 3.63) is 77.7 Å². The van der Waals surface area contributed by atoms with Gasteiger partial charge in [0.05, 0.1) is 19.4 Å². The highest BCUT2D eigenvalue weighted by Crippen LogP contribution is 2.20. The number of benzene rings is 2. The van der Waals surface area contributed by atoms with Crippen molar-refractivity contribution in [1.82, 2.24) is 5.32 Å². The highest BCUT2D eigenvalue weighted by atomic mass is 16.3. The summed E-state index contributed by atoms with van der Waals surface area (Å²) in [5.74, 6) is 0.144. The number of carbonyl (C=O) groups excluding carboxylic acids is 3. The molecular weight excluding hydrogens is 408 g/mol. The third-order valence-corrected chi connectivity index (χ3v) is 4.72. The van der Waals surface area contributed by atoms with Crippen molar-refractivity contribution in [2.75, 3.05) is 22.5 Å². The number of amides is 3. The van der Waals surface area contributed by atoms with Gasteiger partial charge in [0.15, 0.2) is 0 Å². The maximum atomic E-state index is 12.3. The Labute approximate surface area is 186 Å². The van der Waals surface area contributed by atoms with Gasteiger partial charge in [-0.3, -0.25) is 14.4 Å². The smallest absolute Gasteiger partial charge is 0.251 e. The van der Waals surface area contributed by atoms with Crippen LogP contribution in [0.2, 0.25) is 0 Å². The van der Waals surface area contributed by atoms with Crippen LogP contribution >= 0.6 is 0 Å². The van der Waals surface area contributed by atoms with Crippen molar-refractivity contribution in [2.24, 2.45) is 0 Å². The van der Waals surface area contributed by atoms with Crippen LogP contribution in [0.25, 0.3) is 0 Å². The zero-order valence-electron chi connectivity index (χ0n) is 18.0. The molecule has 0 atom stereocenters. The second kappa shape index (κ2) is 10.8. The molecule has 4 N–H and O–H groups in total. The summed E-state index contributed by atoms with van der Waals surface area (Å²) in [7, 11) is 0. The Morgan fingerprint density at radius 1 is 0.906 bits per heavy atom. The first-order valence-corrected chi connectivity index (χ1v) is 10.3. The SMILES string of the molecule is CCC(=O)Nc1cc(NC(=O)CNc2ccc(C(=O)NCc3ccco3)cc2)ccc1C. The topological polar surface area (TPSA) is 112 Å². The number of furan rings is 1. The fraction of sp³-hybridized carbons (Fsp3) is 0.208. The maximum Gasteiger partial charge on any atom is 0.251 e. The molecule has 3 aromatic rings. The summed E-state index contributed by atoms with van der Waals surface area (Å²) in [5, 5.41) is 11.4. The molecule has 0 unspecified atom stereocenters. The molecule has 8 nitrogen and oxygen atoms in total. The maximum absolute atomic E-state index is 12.3. The molecule has 3 amide bonds. The van der Waals surface area contributed by atoms with Crippen molar-refractivity contribution in [1.29, 1.82) is 0 Å². The van der Waals surface area contributed by atoms with Crippen LogP contribution in [0.4, 0.5) is 17.1 Å². The van der Waals surface area contributed by atoms with Gasteiger partial charge in [0.25, 0.3) is 5.91 Å². The summed E-state index contributed by atoms with van der Waals surface area (Å²) in [6.45, 7) is 4.03. The van der Waals surface area contributed by atoms with Gasteiger partial charge in [0.1, 0.15) is 5.76 Å². The van der Waals surface area contributed by atoms with Gasteiger partial charge in [0, 0.05) is 29.0 Å². The van der Waals surface area contributed by atoms with Crippen molar-refractivity contribution < 1.29 is 18.8 Å². The Morgan fingerprint density at radius 2 is 1.66 bits per heavy atom. The number of rotatable bonds is 9. The molecule has 1 aromatic heterocycles. The van der Waals surface area contributed by atoms with E-state index in [2.05, 4.69) is 21.3 Å². The van der Waals surface area contributed by atoms with Crippen LogP contribution in [-0.2, 0) is 16.1 Å². The second-order valence-corrected chi connectivity index (χ2v) is 7.17. The molecule has 2 aromatic carbocycles. The Morgan fingerprint density at radius 3 is 2.34 bits per heavy atom. The number of carbonyl (C=O) groups is 3. The molecule has 0 bridgehead atoms. The van der Waals surface area contributed by atoms with E-state index in [0.717, 1.165) is 5.56 Å². The van der Waals surface area contributed by atoms with E-state index >= 15 is 0 Å². The Kier molecular flexibility index (Phi) is 7.64. The van der Waals surface area contributed by atoms with Crippen LogP contribution in [-0.4, -0.2) is 24.3 Å². The number of hydrogen-bond acceptors (Lipinski definition) is 5. The number of hydrogen-bond donors (Lipinski definition) is 4. The van der Waals surface area contributed by atoms with E-state index in [1.807, 2.05) is 13.0 Å². The summed E-state index contributed by atoms with van der Waals surface area (Å²) in [5.41, 5.74) is 3.40. The highest BCUT2D eigenvalue weighted by molar-refractivity contribution is 5.96. The Bertz CT molecular complexity index is 1080. The molecule has 166 valence electrons. The van der Waals surface area contributed by atoms with Gasteiger partial charge in [-0.05, 0) is 61.0 Å². The summed E-state index contributed by atoms with van der Waals surface area (Å²) < 4.78 is 5.19. The molecular formula is C24H26N4O4. The van der Waals surface area contributed by atoms with Crippen LogP contribution in [0.3, 0.4) is 0 Å². The molecule has 0 aliphatic heterocycles. The quantitative estimate of drug-likeness (QED) is 0.408. The van der Waals surface area contributed by atoms with Crippen molar-refractivity contribution >= 4 is 34.8 Å². The lowest BCUT2D eigenvalue weighted by Crippen LogP contribution is -2.23. The molecule has 0 aliphatic carbocycles. The highest BCUT2D eigenvalue weighted by Gasteiger charge is 2.09. The van der Waals surface area contributed by atoms with Crippen molar-refractivity contribution in [2.45, 2.75) is 26.8 Å². The molecule has 0 aliphatic rings. The van der Waals surface area contributed by atoms with Gasteiger partial charge < -0.3 is 25.7 Å². The van der Waals surface area contributed by atoms with Gasteiger partial charge in [-0.1, -0.05) is 13.0 Å². The average Bonchev–Trinajstić information content (AvgIpc) is 3.32. The lowest BCUT2D eigenvalue weighted by molar-refractivity contribution is -0.116. The predicted molar refractivity (Wildman–Crippen MR) is 124 cm³/mol. The van der Waals surface area contributed by atoms with Gasteiger partial charge >= 0.3 is 0 Å². The largest absolute Gasteiger partial charge is 0.467 e.